The Kier molecular flexibility index (Phi) is 8.38. The lowest BCUT2D eigenvalue weighted by atomic mass is 10.0. The van der Waals surface area contributed by atoms with Crippen molar-refractivity contribution in [3.05, 3.63) is 71.8 Å². The van der Waals surface area contributed by atoms with Gasteiger partial charge in [0.2, 0.25) is 5.91 Å². The van der Waals surface area contributed by atoms with Crippen molar-refractivity contribution >= 4 is 29.5 Å². The molecule has 1 unspecified atom stereocenters. The van der Waals surface area contributed by atoms with Crippen LogP contribution in [0.2, 0.25) is 0 Å². The second-order valence-electron chi connectivity index (χ2n) is 5.82. The zero-order valence-corrected chi connectivity index (χ0v) is 15.6. The average Bonchev–Trinajstić information content (AvgIpc) is 2.68. The van der Waals surface area contributed by atoms with Gasteiger partial charge < -0.3 is 15.7 Å². The normalized spacial score (nSPS) is 11.4. The molecule has 7 heteroatoms. The summed E-state index contributed by atoms with van der Waals surface area (Å²) in [6, 6.07) is 17.5. The van der Waals surface area contributed by atoms with Gasteiger partial charge in [0.25, 0.3) is 5.91 Å². The maximum absolute atomic E-state index is 12.6. The largest absolute Gasteiger partial charge is 0.481 e. The lowest BCUT2D eigenvalue weighted by molar-refractivity contribution is -0.133. The zero-order chi connectivity index (χ0) is 19.5. The molecule has 0 heterocycles. The molecule has 0 aliphatic rings. The van der Waals surface area contributed by atoms with Crippen LogP contribution in [0.5, 0.6) is 0 Å². The highest BCUT2D eigenvalue weighted by Crippen LogP contribution is 2.06. The van der Waals surface area contributed by atoms with Gasteiger partial charge in [0.1, 0.15) is 6.04 Å². The molecule has 3 N–H and O–H groups in total. The van der Waals surface area contributed by atoms with Crippen molar-refractivity contribution in [2.24, 2.45) is 0 Å². The summed E-state index contributed by atoms with van der Waals surface area (Å²) in [5.74, 6) is -1.01. The first kappa shape index (κ1) is 20.5. The Morgan fingerprint density at radius 1 is 0.963 bits per heavy atom. The molecule has 0 spiro atoms. The summed E-state index contributed by atoms with van der Waals surface area (Å²) >= 11 is 1.23. The fourth-order valence-electron chi connectivity index (χ4n) is 2.42. The number of rotatable bonds is 10. The van der Waals surface area contributed by atoms with Crippen LogP contribution in [0, 0.1) is 0 Å². The standard InChI is InChI=1S/C20H22N2O4S/c23-18(24)14-27-12-11-21-20(26)17(13-15-7-3-1-4-8-15)22-19(25)16-9-5-2-6-10-16/h1-10,17H,11-14H2,(H,21,26)(H,22,25)(H,23,24). The van der Waals surface area contributed by atoms with Gasteiger partial charge in [-0.2, -0.15) is 0 Å². The molecule has 1 atom stereocenters. The first-order valence-electron chi connectivity index (χ1n) is 8.53. The number of benzene rings is 2. The lowest BCUT2D eigenvalue weighted by Crippen LogP contribution is -2.48. The predicted molar refractivity (Wildman–Crippen MR) is 106 cm³/mol. The molecule has 0 bridgehead atoms. The van der Waals surface area contributed by atoms with Crippen LogP contribution in [0.4, 0.5) is 0 Å². The van der Waals surface area contributed by atoms with Gasteiger partial charge in [-0.1, -0.05) is 48.5 Å². The third kappa shape index (κ3) is 7.53. The molecule has 27 heavy (non-hydrogen) atoms. The number of amides is 2. The van der Waals surface area contributed by atoms with Crippen LogP contribution >= 0.6 is 11.8 Å². The van der Waals surface area contributed by atoms with Gasteiger partial charge in [0, 0.05) is 24.3 Å². The highest BCUT2D eigenvalue weighted by molar-refractivity contribution is 7.99. The smallest absolute Gasteiger partial charge is 0.313 e. The third-order valence-corrected chi connectivity index (χ3v) is 4.66. The van der Waals surface area contributed by atoms with E-state index in [2.05, 4.69) is 10.6 Å². The van der Waals surface area contributed by atoms with Crippen molar-refractivity contribution in [2.45, 2.75) is 12.5 Å². The summed E-state index contributed by atoms with van der Waals surface area (Å²) in [5, 5.41) is 14.2. The van der Waals surface area contributed by atoms with E-state index in [-0.39, 0.29) is 17.6 Å². The molecule has 0 radical (unpaired) electrons. The Morgan fingerprint density at radius 3 is 2.22 bits per heavy atom. The van der Waals surface area contributed by atoms with Crippen molar-refractivity contribution in [3.8, 4) is 0 Å². The van der Waals surface area contributed by atoms with Crippen LogP contribution < -0.4 is 10.6 Å². The summed E-state index contributed by atoms with van der Waals surface area (Å²) < 4.78 is 0. The van der Waals surface area contributed by atoms with Gasteiger partial charge in [-0.05, 0) is 17.7 Å². The van der Waals surface area contributed by atoms with Crippen molar-refractivity contribution in [3.63, 3.8) is 0 Å². The molecule has 0 saturated carbocycles. The number of thioether (sulfide) groups is 1. The van der Waals surface area contributed by atoms with Crippen LogP contribution in [-0.4, -0.2) is 47.0 Å². The second-order valence-corrected chi connectivity index (χ2v) is 6.92. The summed E-state index contributed by atoms with van der Waals surface area (Å²) in [7, 11) is 0. The van der Waals surface area contributed by atoms with E-state index < -0.39 is 12.0 Å². The Balaban J connectivity index is 1.97. The number of hydrogen-bond donors (Lipinski definition) is 3. The van der Waals surface area contributed by atoms with E-state index in [1.807, 2.05) is 36.4 Å². The quantitative estimate of drug-likeness (QED) is 0.543. The van der Waals surface area contributed by atoms with Gasteiger partial charge in [-0.15, -0.1) is 11.8 Å². The number of aliphatic carboxylic acids is 1. The molecule has 0 aliphatic heterocycles. The first-order valence-corrected chi connectivity index (χ1v) is 9.69. The number of nitrogens with one attached hydrogen (secondary N) is 2. The van der Waals surface area contributed by atoms with Crippen LogP contribution in [0.25, 0.3) is 0 Å². The van der Waals surface area contributed by atoms with Crippen LogP contribution in [0.15, 0.2) is 60.7 Å². The molecule has 6 nitrogen and oxygen atoms in total. The van der Waals surface area contributed by atoms with Gasteiger partial charge in [-0.3, -0.25) is 14.4 Å². The van der Waals surface area contributed by atoms with Crippen molar-refractivity contribution < 1.29 is 19.5 Å². The van der Waals surface area contributed by atoms with Crippen molar-refractivity contribution in [2.75, 3.05) is 18.1 Å². The Bertz CT molecular complexity index is 753. The summed E-state index contributed by atoms with van der Waals surface area (Å²) in [6.45, 7) is 0.337. The van der Waals surface area contributed by atoms with E-state index in [1.165, 1.54) is 11.8 Å². The minimum absolute atomic E-state index is 0.00590. The van der Waals surface area contributed by atoms with E-state index in [1.54, 1.807) is 24.3 Å². The molecule has 2 aromatic carbocycles. The molecular formula is C20H22N2O4S. The molecule has 2 rings (SSSR count). The van der Waals surface area contributed by atoms with Gasteiger partial charge >= 0.3 is 5.97 Å². The number of carbonyl (C=O) groups excluding carboxylic acids is 2. The van der Waals surface area contributed by atoms with Crippen LogP contribution in [0.3, 0.4) is 0 Å². The van der Waals surface area contributed by atoms with Crippen LogP contribution in [-0.2, 0) is 16.0 Å². The van der Waals surface area contributed by atoms with E-state index in [0.29, 0.717) is 24.3 Å². The third-order valence-electron chi connectivity index (χ3n) is 3.71. The molecule has 2 amide bonds. The Labute approximate surface area is 162 Å². The van der Waals surface area contributed by atoms with E-state index in [4.69, 9.17) is 5.11 Å². The van der Waals surface area contributed by atoms with Crippen molar-refractivity contribution in [1.29, 1.82) is 0 Å². The summed E-state index contributed by atoms with van der Waals surface area (Å²) in [4.78, 5) is 35.5. The fraction of sp³-hybridized carbons (Fsp3) is 0.250. The monoisotopic (exact) mass is 386 g/mol. The predicted octanol–water partition coefficient (Wildman–Crippen LogP) is 1.96. The maximum Gasteiger partial charge on any atom is 0.313 e. The minimum Gasteiger partial charge on any atom is -0.481 e. The first-order chi connectivity index (χ1) is 13.1. The zero-order valence-electron chi connectivity index (χ0n) is 14.8. The molecule has 2 aromatic rings. The minimum atomic E-state index is -0.886. The number of carboxylic acids is 1. The summed E-state index contributed by atoms with van der Waals surface area (Å²) in [5.41, 5.74) is 1.42. The lowest BCUT2D eigenvalue weighted by Gasteiger charge is -2.19. The molecule has 0 aliphatic carbocycles. The highest BCUT2D eigenvalue weighted by atomic mass is 32.2. The van der Waals surface area contributed by atoms with Gasteiger partial charge in [0.05, 0.1) is 5.75 Å². The van der Waals surface area contributed by atoms with Crippen molar-refractivity contribution in [1.82, 2.24) is 10.6 Å². The van der Waals surface area contributed by atoms with E-state index in [0.717, 1.165) is 5.56 Å². The average molecular weight is 386 g/mol. The fourth-order valence-corrected chi connectivity index (χ4v) is 2.98. The second kappa shape index (κ2) is 11.0. The number of hydrogen-bond acceptors (Lipinski definition) is 4. The van der Waals surface area contributed by atoms with Gasteiger partial charge in [-0.25, -0.2) is 0 Å². The van der Waals surface area contributed by atoms with Crippen LogP contribution in [0.1, 0.15) is 15.9 Å². The molecule has 142 valence electrons. The number of carbonyl (C=O) groups is 3. The number of carboxylic acid groups (broad SMARTS) is 1. The molecular weight excluding hydrogens is 364 g/mol. The summed E-state index contributed by atoms with van der Waals surface area (Å²) in [6.07, 6.45) is 0.369. The van der Waals surface area contributed by atoms with Gasteiger partial charge in [0.15, 0.2) is 0 Å². The van der Waals surface area contributed by atoms with E-state index in [9.17, 15) is 14.4 Å². The SMILES string of the molecule is O=C(O)CSCCNC(=O)C(Cc1ccccc1)NC(=O)c1ccccc1. The molecule has 0 fully saturated rings. The highest BCUT2D eigenvalue weighted by Gasteiger charge is 2.21. The molecule has 0 saturated heterocycles. The Hall–Kier alpha value is -2.80. The van der Waals surface area contributed by atoms with E-state index >= 15 is 0 Å². The topological polar surface area (TPSA) is 95.5 Å². The molecule has 0 aromatic heterocycles. The maximum atomic E-state index is 12.6. The Morgan fingerprint density at radius 2 is 1.59 bits per heavy atom.